The molecule has 0 aliphatic heterocycles. The summed E-state index contributed by atoms with van der Waals surface area (Å²) in [5, 5.41) is 13.1. The monoisotopic (exact) mass is 292 g/mol. The van der Waals surface area contributed by atoms with Gasteiger partial charge < -0.3 is 10.4 Å². The van der Waals surface area contributed by atoms with Crippen LogP contribution >= 0.6 is 15.9 Å². The maximum atomic E-state index is 9.80. The molecule has 0 saturated carbocycles. The van der Waals surface area contributed by atoms with Crippen LogP contribution in [-0.2, 0) is 13.1 Å². The van der Waals surface area contributed by atoms with E-state index in [0.717, 1.165) is 22.1 Å². The summed E-state index contributed by atoms with van der Waals surface area (Å²) in [7, 11) is 0. The summed E-state index contributed by atoms with van der Waals surface area (Å²) in [5.41, 5.74) is 2.00. The van der Waals surface area contributed by atoms with E-state index >= 15 is 0 Å². The molecule has 2 rings (SSSR count). The van der Waals surface area contributed by atoms with Crippen LogP contribution in [0, 0.1) is 0 Å². The van der Waals surface area contributed by atoms with Crippen LogP contribution in [0.2, 0.25) is 0 Å². The lowest BCUT2D eigenvalue weighted by Gasteiger charge is -2.07. The van der Waals surface area contributed by atoms with E-state index in [1.165, 1.54) is 0 Å². The van der Waals surface area contributed by atoms with Crippen molar-refractivity contribution >= 4 is 15.9 Å². The van der Waals surface area contributed by atoms with E-state index in [9.17, 15) is 5.11 Å². The van der Waals surface area contributed by atoms with Crippen molar-refractivity contribution in [3.05, 3.63) is 58.3 Å². The molecule has 0 unspecified atom stereocenters. The van der Waals surface area contributed by atoms with Crippen molar-refractivity contribution in [2.24, 2.45) is 0 Å². The number of phenolic OH excluding ortho intramolecular Hbond substituents is 1. The Morgan fingerprint density at radius 3 is 2.82 bits per heavy atom. The lowest BCUT2D eigenvalue weighted by Crippen LogP contribution is -2.12. The molecule has 2 N–H and O–H groups in total. The number of hydrogen-bond donors (Lipinski definition) is 2. The smallest absolute Gasteiger partial charge is 0.134 e. The highest BCUT2D eigenvalue weighted by Gasteiger charge is 2.03. The molecule has 1 aromatic heterocycles. The minimum Gasteiger partial charge on any atom is -0.506 e. The van der Waals surface area contributed by atoms with E-state index < -0.39 is 0 Å². The molecular weight excluding hydrogens is 280 g/mol. The van der Waals surface area contributed by atoms with E-state index in [2.05, 4.69) is 26.2 Å². The van der Waals surface area contributed by atoms with Gasteiger partial charge in [-0.2, -0.15) is 0 Å². The fraction of sp³-hybridized carbons (Fsp3) is 0.154. The Hall–Kier alpha value is -1.39. The Morgan fingerprint density at radius 1 is 1.18 bits per heavy atom. The largest absolute Gasteiger partial charge is 0.506 e. The Labute approximate surface area is 109 Å². The van der Waals surface area contributed by atoms with Crippen molar-refractivity contribution < 1.29 is 5.11 Å². The van der Waals surface area contributed by atoms with Gasteiger partial charge in [0.15, 0.2) is 0 Å². The van der Waals surface area contributed by atoms with Crippen LogP contribution in [0.4, 0.5) is 0 Å². The van der Waals surface area contributed by atoms with Crippen LogP contribution < -0.4 is 5.32 Å². The number of benzene rings is 1. The molecule has 1 aromatic carbocycles. The van der Waals surface area contributed by atoms with Crippen molar-refractivity contribution in [1.82, 2.24) is 10.3 Å². The van der Waals surface area contributed by atoms with Crippen LogP contribution in [0.5, 0.6) is 5.75 Å². The average Bonchev–Trinajstić information content (AvgIpc) is 2.36. The molecule has 0 amide bonds. The van der Waals surface area contributed by atoms with Crippen LogP contribution in [0.25, 0.3) is 0 Å². The number of aromatic hydroxyl groups is 1. The molecule has 17 heavy (non-hydrogen) atoms. The molecule has 0 saturated heterocycles. The second-order valence-corrected chi connectivity index (χ2v) is 4.57. The Morgan fingerprint density at radius 2 is 2.06 bits per heavy atom. The molecule has 0 atom stereocenters. The topological polar surface area (TPSA) is 45.1 Å². The van der Waals surface area contributed by atoms with Gasteiger partial charge in [-0.1, -0.05) is 18.2 Å². The SMILES string of the molecule is Oc1c(Br)cccc1CNCc1cccnc1. The van der Waals surface area contributed by atoms with E-state index in [4.69, 9.17) is 0 Å². The zero-order valence-corrected chi connectivity index (χ0v) is 10.8. The zero-order chi connectivity index (χ0) is 12.1. The summed E-state index contributed by atoms with van der Waals surface area (Å²) in [6.07, 6.45) is 3.58. The van der Waals surface area contributed by atoms with Gasteiger partial charge in [-0.25, -0.2) is 0 Å². The van der Waals surface area contributed by atoms with E-state index in [0.29, 0.717) is 12.3 Å². The fourth-order valence-electron chi connectivity index (χ4n) is 1.55. The third-order valence-electron chi connectivity index (χ3n) is 2.44. The third kappa shape index (κ3) is 3.28. The molecule has 88 valence electrons. The molecule has 0 fully saturated rings. The van der Waals surface area contributed by atoms with Crippen LogP contribution in [0.3, 0.4) is 0 Å². The van der Waals surface area contributed by atoms with Gasteiger partial charge in [-0.3, -0.25) is 4.98 Å². The predicted molar refractivity (Wildman–Crippen MR) is 70.6 cm³/mol. The highest BCUT2D eigenvalue weighted by atomic mass is 79.9. The standard InChI is InChI=1S/C13H13BrN2O/c14-12-5-1-4-11(13(12)17)9-16-8-10-3-2-6-15-7-10/h1-7,16-17H,8-9H2. The van der Waals surface area contributed by atoms with Gasteiger partial charge in [-0.05, 0) is 33.6 Å². The molecule has 4 heteroatoms. The number of nitrogens with one attached hydrogen (secondary N) is 1. The predicted octanol–water partition coefficient (Wildman–Crippen LogP) is 2.84. The molecule has 0 radical (unpaired) electrons. The second kappa shape index (κ2) is 5.80. The number of rotatable bonds is 4. The molecule has 0 aliphatic rings. The first-order valence-electron chi connectivity index (χ1n) is 5.33. The average molecular weight is 293 g/mol. The van der Waals surface area contributed by atoms with Crippen LogP contribution in [0.15, 0.2) is 47.2 Å². The summed E-state index contributed by atoms with van der Waals surface area (Å²) in [4.78, 5) is 4.05. The van der Waals surface area contributed by atoms with Crippen molar-refractivity contribution in [3.63, 3.8) is 0 Å². The molecular formula is C13H13BrN2O. The first-order chi connectivity index (χ1) is 8.27. The maximum Gasteiger partial charge on any atom is 0.134 e. The van der Waals surface area contributed by atoms with Crippen molar-refractivity contribution in [1.29, 1.82) is 0 Å². The molecule has 0 bridgehead atoms. The molecule has 2 aromatic rings. The highest BCUT2D eigenvalue weighted by Crippen LogP contribution is 2.27. The maximum absolute atomic E-state index is 9.80. The lowest BCUT2D eigenvalue weighted by molar-refractivity contribution is 0.461. The third-order valence-corrected chi connectivity index (χ3v) is 3.08. The van der Waals surface area contributed by atoms with Crippen molar-refractivity contribution in [2.75, 3.05) is 0 Å². The van der Waals surface area contributed by atoms with Gasteiger partial charge in [0.05, 0.1) is 4.47 Å². The number of aromatic nitrogens is 1. The van der Waals surface area contributed by atoms with Gasteiger partial charge in [0.1, 0.15) is 5.75 Å². The summed E-state index contributed by atoms with van der Waals surface area (Å²) in [6, 6.07) is 9.55. The van der Waals surface area contributed by atoms with Gasteiger partial charge in [0.25, 0.3) is 0 Å². The summed E-state index contributed by atoms with van der Waals surface area (Å²) >= 11 is 3.30. The van der Waals surface area contributed by atoms with Crippen LogP contribution in [-0.4, -0.2) is 10.1 Å². The highest BCUT2D eigenvalue weighted by molar-refractivity contribution is 9.10. The number of phenols is 1. The molecule has 3 nitrogen and oxygen atoms in total. The minimum absolute atomic E-state index is 0.297. The molecule has 1 heterocycles. The van der Waals surface area contributed by atoms with Crippen molar-refractivity contribution in [3.8, 4) is 5.75 Å². The Kier molecular flexibility index (Phi) is 4.12. The minimum atomic E-state index is 0.297. The number of pyridine rings is 1. The van der Waals surface area contributed by atoms with E-state index in [1.807, 2.05) is 36.5 Å². The van der Waals surface area contributed by atoms with Gasteiger partial charge in [0, 0.05) is 31.0 Å². The van der Waals surface area contributed by atoms with Gasteiger partial charge in [0.2, 0.25) is 0 Å². The molecule has 0 spiro atoms. The van der Waals surface area contributed by atoms with Gasteiger partial charge in [-0.15, -0.1) is 0 Å². The molecule has 0 aliphatic carbocycles. The van der Waals surface area contributed by atoms with Gasteiger partial charge >= 0.3 is 0 Å². The summed E-state index contributed by atoms with van der Waals surface area (Å²) in [5.74, 6) is 0.297. The van der Waals surface area contributed by atoms with E-state index in [-0.39, 0.29) is 0 Å². The fourth-order valence-corrected chi connectivity index (χ4v) is 1.95. The van der Waals surface area contributed by atoms with E-state index in [1.54, 1.807) is 6.20 Å². The quantitative estimate of drug-likeness (QED) is 0.911. The number of nitrogens with zero attached hydrogens (tertiary/aromatic N) is 1. The van der Waals surface area contributed by atoms with Crippen molar-refractivity contribution in [2.45, 2.75) is 13.1 Å². The Bertz CT molecular complexity index is 488. The summed E-state index contributed by atoms with van der Waals surface area (Å²) in [6.45, 7) is 1.36. The second-order valence-electron chi connectivity index (χ2n) is 3.71. The normalized spacial score (nSPS) is 10.4. The van der Waals surface area contributed by atoms with Crippen LogP contribution in [0.1, 0.15) is 11.1 Å². The number of para-hydroxylation sites is 1. The Balaban J connectivity index is 1.93. The number of hydrogen-bond acceptors (Lipinski definition) is 3. The first kappa shape index (κ1) is 12.1. The number of halogens is 1. The first-order valence-corrected chi connectivity index (χ1v) is 6.12. The lowest BCUT2D eigenvalue weighted by atomic mass is 10.2. The summed E-state index contributed by atoms with van der Waals surface area (Å²) < 4.78 is 0.721. The zero-order valence-electron chi connectivity index (χ0n) is 9.23.